The topological polar surface area (TPSA) is 56.8 Å². The Morgan fingerprint density at radius 2 is 1.90 bits per heavy atom. The average molecular weight is 417 g/mol. The number of rotatable bonds is 5. The highest BCUT2D eigenvalue weighted by Gasteiger charge is 2.35. The van der Waals surface area contributed by atoms with Crippen LogP contribution in [0.15, 0.2) is 24.4 Å². The highest BCUT2D eigenvalue weighted by atomic mass is 32.2. The first kappa shape index (κ1) is 20.7. The Hall–Kier alpha value is -1.60. The summed E-state index contributed by atoms with van der Waals surface area (Å²) in [5.41, 5.74) is 0.993. The number of piperidine rings is 2. The molecule has 158 valence electrons. The van der Waals surface area contributed by atoms with Crippen LogP contribution in [0.1, 0.15) is 31.4 Å². The zero-order valence-corrected chi connectivity index (χ0v) is 18.0. The minimum atomic E-state index is -0.0423. The maximum Gasteiger partial charge on any atom is 0.227 e. The molecular formula is C22H32N4O2S. The van der Waals surface area contributed by atoms with Gasteiger partial charge in [-0.3, -0.25) is 19.5 Å². The zero-order valence-electron chi connectivity index (χ0n) is 17.2. The molecule has 0 saturated carbocycles. The number of aromatic nitrogens is 1. The second-order valence-corrected chi connectivity index (χ2v) is 9.58. The van der Waals surface area contributed by atoms with Gasteiger partial charge in [-0.1, -0.05) is 6.07 Å². The van der Waals surface area contributed by atoms with E-state index in [0.717, 1.165) is 38.0 Å². The smallest absolute Gasteiger partial charge is 0.227 e. The number of thioether (sulfide) groups is 1. The number of hydrogen-bond donors (Lipinski definition) is 0. The van der Waals surface area contributed by atoms with Crippen LogP contribution in [0.25, 0.3) is 0 Å². The second kappa shape index (κ2) is 9.94. The van der Waals surface area contributed by atoms with Crippen LogP contribution in [0.4, 0.5) is 0 Å². The van der Waals surface area contributed by atoms with Crippen molar-refractivity contribution in [2.45, 2.75) is 38.1 Å². The molecule has 4 rings (SSSR count). The fourth-order valence-corrected chi connectivity index (χ4v) is 5.71. The molecule has 0 radical (unpaired) electrons. The standard InChI is InChI=1S/C22H32N4O2S/c27-21-5-4-18(17-26(21)10-6-19-3-1-2-9-23-19)22(28)25-11-7-20(8-12-25)24-13-15-29-16-14-24/h1-3,9,18,20H,4-8,10-17H2/t18-/m1/s1. The molecule has 0 N–H and O–H groups in total. The van der Waals surface area contributed by atoms with Gasteiger partial charge in [0.1, 0.15) is 0 Å². The zero-order chi connectivity index (χ0) is 20.1. The highest BCUT2D eigenvalue weighted by molar-refractivity contribution is 7.99. The van der Waals surface area contributed by atoms with Gasteiger partial charge in [0.15, 0.2) is 0 Å². The lowest BCUT2D eigenvalue weighted by Crippen LogP contribution is -2.52. The number of carbonyl (C=O) groups is 2. The summed E-state index contributed by atoms with van der Waals surface area (Å²) in [6.45, 7) is 5.33. The van der Waals surface area contributed by atoms with Gasteiger partial charge in [0.2, 0.25) is 11.8 Å². The third kappa shape index (κ3) is 5.31. The Bertz CT molecular complexity index is 687. The minimum Gasteiger partial charge on any atom is -0.342 e. The summed E-state index contributed by atoms with van der Waals surface area (Å²) in [6, 6.07) is 6.50. The van der Waals surface area contributed by atoms with Crippen molar-refractivity contribution in [1.82, 2.24) is 19.7 Å². The van der Waals surface area contributed by atoms with Gasteiger partial charge in [-0.25, -0.2) is 0 Å². The summed E-state index contributed by atoms with van der Waals surface area (Å²) >= 11 is 2.05. The molecule has 1 atom stereocenters. The molecule has 3 fully saturated rings. The Labute approximate surface area is 178 Å². The lowest BCUT2D eigenvalue weighted by atomic mass is 9.94. The van der Waals surface area contributed by atoms with Crippen LogP contribution < -0.4 is 0 Å². The van der Waals surface area contributed by atoms with Crippen molar-refractivity contribution in [2.24, 2.45) is 5.92 Å². The van der Waals surface area contributed by atoms with Crippen molar-refractivity contribution in [3.63, 3.8) is 0 Å². The van der Waals surface area contributed by atoms with Crippen molar-refractivity contribution in [2.75, 3.05) is 50.8 Å². The van der Waals surface area contributed by atoms with Crippen molar-refractivity contribution in [1.29, 1.82) is 0 Å². The number of carbonyl (C=O) groups excluding carboxylic acids is 2. The molecule has 0 aliphatic carbocycles. The van der Waals surface area contributed by atoms with Gasteiger partial charge in [0.25, 0.3) is 0 Å². The molecule has 0 spiro atoms. The first-order valence-corrected chi connectivity index (χ1v) is 12.1. The molecule has 2 amide bonds. The van der Waals surface area contributed by atoms with Gasteiger partial charge in [-0.2, -0.15) is 11.8 Å². The Morgan fingerprint density at radius 1 is 1.10 bits per heavy atom. The molecule has 1 aromatic rings. The van der Waals surface area contributed by atoms with Crippen molar-refractivity contribution in [3.8, 4) is 0 Å². The van der Waals surface area contributed by atoms with E-state index >= 15 is 0 Å². The van der Waals surface area contributed by atoms with Gasteiger partial charge in [-0.15, -0.1) is 0 Å². The molecule has 0 aromatic carbocycles. The summed E-state index contributed by atoms with van der Waals surface area (Å²) in [7, 11) is 0. The highest BCUT2D eigenvalue weighted by Crippen LogP contribution is 2.25. The van der Waals surface area contributed by atoms with E-state index in [1.54, 1.807) is 6.20 Å². The van der Waals surface area contributed by atoms with Crippen LogP contribution in [-0.2, 0) is 16.0 Å². The van der Waals surface area contributed by atoms with E-state index in [4.69, 9.17) is 0 Å². The predicted molar refractivity (Wildman–Crippen MR) is 116 cm³/mol. The first-order valence-electron chi connectivity index (χ1n) is 11.0. The SMILES string of the molecule is O=C1CC[C@@H](C(=O)N2CCC(N3CCSCC3)CC2)CN1CCc1ccccn1. The summed E-state index contributed by atoms with van der Waals surface area (Å²) in [5, 5.41) is 0. The third-order valence-corrected chi connectivity index (χ3v) is 7.49. The van der Waals surface area contributed by atoms with Gasteiger partial charge in [0, 0.05) is 81.5 Å². The van der Waals surface area contributed by atoms with Crippen LogP contribution in [0.3, 0.4) is 0 Å². The molecule has 29 heavy (non-hydrogen) atoms. The number of nitrogens with zero attached hydrogens (tertiary/aromatic N) is 4. The van der Waals surface area contributed by atoms with Gasteiger partial charge in [0.05, 0.1) is 5.92 Å². The van der Waals surface area contributed by atoms with Gasteiger partial charge >= 0.3 is 0 Å². The van der Waals surface area contributed by atoms with E-state index in [1.807, 2.05) is 34.9 Å². The van der Waals surface area contributed by atoms with Crippen LogP contribution in [0, 0.1) is 5.92 Å². The van der Waals surface area contributed by atoms with Crippen LogP contribution in [-0.4, -0.2) is 88.3 Å². The average Bonchev–Trinajstić information content (AvgIpc) is 2.79. The van der Waals surface area contributed by atoms with E-state index in [0.29, 0.717) is 32.0 Å². The Morgan fingerprint density at radius 3 is 2.62 bits per heavy atom. The summed E-state index contributed by atoms with van der Waals surface area (Å²) in [4.78, 5) is 36.4. The molecule has 3 aliphatic heterocycles. The fourth-order valence-electron chi connectivity index (χ4n) is 4.78. The number of pyridine rings is 1. The van der Waals surface area contributed by atoms with Crippen LogP contribution in [0.2, 0.25) is 0 Å². The van der Waals surface area contributed by atoms with Crippen LogP contribution >= 0.6 is 11.8 Å². The molecule has 3 saturated heterocycles. The fraction of sp³-hybridized carbons (Fsp3) is 0.682. The molecular weight excluding hydrogens is 384 g/mol. The Kier molecular flexibility index (Phi) is 7.08. The minimum absolute atomic E-state index is 0.0423. The molecule has 3 aliphatic rings. The van der Waals surface area contributed by atoms with Crippen LogP contribution in [0.5, 0.6) is 0 Å². The molecule has 0 unspecified atom stereocenters. The van der Waals surface area contributed by atoms with Gasteiger partial charge < -0.3 is 9.80 Å². The normalized spacial score (nSPS) is 24.7. The van der Waals surface area contributed by atoms with E-state index in [2.05, 4.69) is 14.8 Å². The molecule has 7 heteroatoms. The van der Waals surface area contributed by atoms with Gasteiger partial charge in [-0.05, 0) is 31.4 Å². The van der Waals surface area contributed by atoms with Crippen molar-refractivity contribution < 1.29 is 9.59 Å². The lowest BCUT2D eigenvalue weighted by molar-refractivity contribution is -0.144. The predicted octanol–water partition coefficient (Wildman–Crippen LogP) is 1.90. The van der Waals surface area contributed by atoms with E-state index < -0.39 is 0 Å². The third-order valence-electron chi connectivity index (χ3n) is 6.55. The molecule has 6 nitrogen and oxygen atoms in total. The number of hydrogen-bond acceptors (Lipinski definition) is 5. The number of likely N-dealkylation sites (tertiary alicyclic amines) is 2. The number of amides is 2. The maximum absolute atomic E-state index is 13.1. The molecule has 1 aromatic heterocycles. The monoisotopic (exact) mass is 416 g/mol. The summed E-state index contributed by atoms with van der Waals surface area (Å²) in [5.74, 6) is 2.87. The van der Waals surface area contributed by atoms with Crippen molar-refractivity contribution in [3.05, 3.63) is 30.1 Å². The Balaban J connectivity index is 1.26. The summed E-state index contributed by atoms with van der Waals surface area (Å²) in [6.07, 6.45) is 5.89. The molecule has 0 bridgehead atoms. The van der Waals surface area contributed by atoms with E-state index in [-0.39, 0.29) is 17.7 Å². The molecule has 4 heterocycles. The lowest BCUT2D eigenvalue weighted by Gasteiger charge is -2.41. The van der Waals surface area contributed by atoms with E-state index in [9.17, 15) is 9.59 Å². The quantitative estimate of drug-likeness (QED) is 0.734. The second-order valence-electron chi connectivity index (χ2n) is 8.35. The first-order chi connectivity index (χ1) is 14.2. The van der Waals surface area contributed by atoms with Crippen molar-refractivity contribution >= 4 is 23.6 Å². The van der Waals surface area contributed by atoms with E-state index in [1.165, 1.54) is 24.6 Å². The summed E-state index contributed by atoms with van der Waals surface area (Å²) < 4.78 is 0. The largest absolute Gasteiger partial charge is 0.342 e. The maximum atomic E-state index is 13.1.